The molecular weight excluding hydrogens is 330 g/mol. The van der Waals surface area contributed by atoms with Crippen LogP contribution in [-0.2, 0) is 9.53 Å². The summed E-state index contributed by atoms with van der Waals surface area (Å²) >= 11 is 0. The number of morpholine rings is 1. The van der Waals surface area contributed by atoms with Crippen molar-refractivity contribution in [1.82, 2.24) is 4.90 Å². The fraction of sp³-hybridized carbons (Fsp3) is 0.381. The maximum atomic E-state index is 12.7. The van der Waals surface area contributed by atoms with Gasteiger partial charge < -0.3 is 19.1 Å². The van der Waals surface area contributed by atoms with E-state index in [2.05, 4.69) is 0 Å². The molecule has 5 heteroatoms. The van der Waals surface area contributed by atoms with Gasteiger partial charge in [-0.15, -0.1) is 0 Å². The molecule has 1 aliphatic rings. The topological polar surface area (TPSA) is 48.0 Å². The third kappa shape index (κ3) is 4.35. The number of ether oxygens (including phenoxy) is 3. The summed E-state index contributed by atoms with van der Waals surface area (Å²) in [5, 5.41) is 0. The molecule has 0 spiro atoms. The van der Waals surface area contributed by atoms with Crippen LogP contribution < -0.4 is 9.47 Å². The average Bonchev–Trinajstić information content (AvgIpc) is 2.68. The van der Waals surface area contributed by atoms with E-state index in [1.54, 1.807) is 7.11 Å². The van der Waals surface area contributed by atoms with Gasteiger partial charge in [0.05, 0.1) is 26.3 Å². The van der Waals surface area contributed by atoms with E-state index < -0.39 is 0 Å². The van der Waals surface area contributed by atoms with Gasteiger partial charge in [-0.2, -0.15) is 0 Å². The molecule has 1 aliphatic heterocycles. The fourth-order valence-electron chi connectivity index (χ4n) is 2.99. The van der Waals surface area contributed by atoms with Gasteiger partial charge in [-0.25, -0.2) is 0 Å². The Morgan fingerprint density at radius 2 is 1.77 bits per heavy atom. The molecule has 138 valence electrons. The summed E-state index contributed by atoms with van der Waals surface area (Å²) in [6.07, 6.45) is -0.138. The van der Waals surface area contributed by atoms with Gasteiger partial charge in [-0.1, -0.05) is 29.8 Å². The maximum absolute atomic E-state index is 12.7. The predicted molar refractivity (Wildman–Crippen MR) is 99.5 cm³/mol. The Balaban J connectivity index is 1.61. The number of hydrogen-bond donors (Lipinski definition) is 0. The zero-order chi connectivity index (χ0) is 18.5. The molecule has 26 heavy (non-hydrogen) atoms. The van der Waals surface area contributed by atoms with Gasteiger partial charge in [0, 0.05) is 0 Å². The highest BCUT2D eigenvalue weighted by Gasteiger charge is 2.30. The van der Waals surface area contributed by atoms with Crippen molar-refractivity contribution in [2.45, 2.75) is 26.0 Å². The lowest BCUT2D eigenvalue weighted by Crippen LogP contribution is -2.49. The van der Waals surface area contributed by atoms with Crippen LogP contribution in [0.3, 0.4) is 0 Å². The van der Waals surface area contributed by atoms with E-state index in [4.69, 9.17) is 14.2 Å². The smallest absolute Gasteiger partial charge is 0.260 e. The molecule has 0 aromatic heterocycles. The number of benzene rings is 2. The molecule has 1 saturated heterocycles. The van der Waals surface area contributed by atoms with Crippen LogP contribution in [0.1, 0.15) is 24.2 Å². The number of carbonyl (C=O) groups is 1. The Morgan fingerprint density at radius 1 is 1.12 bits per heavy atom. The summed E-state index contributed by atoms with van der Waals surface area (Å²) < 4.78 is 16.8. The summed E-state index contributed by atoms with van der Waals surface area (Å²) in [4.78, 5) is 14.5. The number of hydrogen-bond acceptors (Lipinski definition) is 4. The first-order chi connectivity index (χ1) is 12.6. The van der Waals surface area contributed by atoms with E-state index in [1.807, 2.05) is 67.3 Å². The molecule has 3 rings (SSSR count). The first kappa shape index (κ1) is 18.3. The van der Waals surface area contributed by atoms with Crippen molar-refractivity contribution in [2.75, 3.05) is 26.9 Å². The van der Waals surface area contributed by atoms with Crippen LogP contribution in [0.15, 0.2) is 48.5 Å². The van der Waals surface area contributed by atoms with Gasteiger partial charge >= 0.3 is 0 Å². The molecular formula is C21H25NO4. The summed E-state index contributed by atoms with van der Waals surface area (Å²) in [7, 11) is 1.64. The van der Waals surface area contributed by atoms with Crippen molar-refractivity contribution in [1.29, 1.82) is 0 Å². The molecule has 2 atom stereocenters. The Bertz CT molecular complexity index is 727. The minimum absolute atomic E-state index is 0.0265. The zero-order valence-electron chi connectivity index (χ0n) is 15.5. The van der Waals surface area contributed by atoms with Gasteiger partial charge in [0.2, 0.25) is 0 Å². The highest BCUT2D eigenvalue weighted by molar-refractivity contribution is 5.78. The molecule has 1 amide bonds. The van der Waals surface area contributed by atoms with Crippen LogP contribution in [0.5, 0.6) is 11.5 Å². The van der Waals surface area contributed by atoms with Gasteiger partial charge in [0.25, 0.3) is 5.91 Å². The molecule has 2 unspecified atom stereocenters. The van der Waals surface area contributed by atoms with E-state index in [9.17, 15) is 4.79 Å². The Morgan fingerprint density at radius 3 is 2.42 bits per heavy atom. The average molecular weight is 355 g/mol. The highest BCUT2D eigenvalue weighted by Crippen LogP contribution is 2.26. The van der Waals surface area contributed by atoms with Crippen LogP contribution in [0.4, 0.5) is 0 Å². The molecule has 0 aliphatic carbocycles. The normalized spacial score (nSPS) is 19.9. The Hall–Kier alpha value is -2.53. The molecule has 2 aromatic carbocycles. The summed E-state index contributed by atoms with van der Waals surface area (Å²) in [5.74, 6) is 1.48. The van der Waals surface area contributed by atoms with Crippen molar-refractivity contribution < 1.29 is 19.0 Å². The third-order valence-corrected chi connectivity index (χ3v) is 4.62. The SMILES string of the molecule is COc1ccc(C2CN(C(=O)COc3ccc(C)cc3)C(C)CO2)cc1. The summed E-state index contributed by atoms with van der Waals surface area (Å²) in [6.45, 7) is 5.07. The lowest BCUT2D eigenvalue weighted by atomic mass is 10.1. The maximum Gasteiger partial charge on any atom is 0.260 e. The molecule has 1 fully saturated rings. The number of carbonyl (C=O) groups excluding carboxylic acids is 1. The molecule has 5 nitrogen and oxygen atoms in total. The minimum Gasteiger partial charge on any atom is -0.497 e. The van der Waals surface area contributed by atoms with Crippen LogP contribution in [-0.4, -0.2) is 43.7 Å². The molecule has 0 bridgehead atoms. The number of rotatable bonds is 5. The zero-order valence-corrected chi connectivity index (χ0v) is 15.5. The molecule has 0 radical (unpaired) electrons. The molecule has 0 saturated carbocycles. The minimum atomic E-state index is -0.138. The van der Waals surface area contributed by atoms with Crippen molar-refractivity contribution in [3.63, 3.8) is 0 Å². The van der Waals surface area contributed by atoms with Crippen LogP contribution >= 0.6 is 0 Å². The standard InChI is InChI=1S/C21H25NO4/c1-15-4-8-19(9-5-15)25-14-21(23)22-12-20(26-13-16(22)2)17-6-10-18(24-3)11-7-17/h4-11,16,20H,12-14H2,1-3H3. The molecule has 1 heterocycles. The lowest BCUT2D eigenvalue weighted by Gasteiger charge is -2.38. The van der Waals surface area contributed by atoms with Crippen molar-refractivity contribution in [3.05, 3.63) is 59.7 Å². The van der Waals surface area contributed by atoms with E-state index in [1.165, 1.54) is 0 Å². The number of nitrogens with zero attached hydrogens (tertiary/aromatic N) is 1. The van der Waals surface area contributed by atoms with E-state index >= 15 is 0 Å². The Labute approximate surface area is 154 Å². The van der Waals surface area contributed by atoms with Crippen LogP contribution in [0.25, 0.3) is 0 Å². The van der Waals surface area contributed by atoms with E-state index in [0.29, 0.717) is 18.9 Å². The second-order valence-electron chi connectivity index (χ2n) is 6.59. The second-order valence-corrected chi connectivity index (χ2v) is 6.59. The third-order valence-electron chi connectivity index (χ3n) is 4.62. The van der Waals surface area contributed by atoms with Crippen molar-refractivity contribution in [2.24, 2.45) is 0 Å². The van der Waals surface area contributed by atoms with Gasteiger partial charge in [-0.05, 0) is 43.7 Å². The number of aryl methyl sites for hydroxylation is 1. The van der Waals surface area contributed by atoms with Gasteiger partial charge in [0.1, 0.15) is 17.6 Å². The summed E-state index contributed by atoms with van der Waals surface area (Å²) in [5.41, 5.74) is 2.20. The van der Waals surface area contributed by atoms with Gasteiger partial charge in [0.15, 0.2) is 6.61 Å². The van der Waals surface area contributed by atoms with Gasteiger partial charge in [-0.3, -0.25) is 4.79 Å². The number of amides is 1. The largest absolute Gasteiger partial charge is 0.497 e. The van der Waals surface area contributed by atoms with E-state index in [-0.39, 0.29) is 24.7 Å². The second kappa shape index (κ2) is 8.23. The highest BCUT2D eigenvalue weighted by atomic mass is 16.5. The lowest BCUT2D eigenvalue weighted by molar-refractivity contribution is -0.146. The van der Waals surface area contributed by atoms with Crippen molar-refractivity contribution >= 4 is 5.91 Å². The molecule has 0 N–H and O–H groups in total. The van der Waals surface area contributed by atoms with Crippen molar-refractivity contribution in [3.8, 4) is 11.5 Å². The quantitative estimate of drug-likeness (QED) is 0.825. The molecule has 2 aromatic rings. The number of methoxy groups -OCH3 is 1. The first-order valence-corrected chi connectivity index (χ1v) is 8.81. The first-order valence-electron chi connectivity index (χ1n) is 8.81. The summed E-state index contributed by atoms with van der Waals surface area (Å²) in [6, 6.07) is 15.5. The van der Waals surface area contributed by atoms with Crippen LogP contribution in [0.2, 0.25) is 0 Å². The Kier molecular flexibility index (Phi) is 5.78. The van der Waals surface area contributed by atoms with Crippen LogP contribution in [0, 0.1) is 6.92 Å². The fourth-order valence-corrected chi connectivity index (χ4v) is 2.99. The van der Waals surface area contributed by atoms with E-state index in [0.717, 1.165) is 16.9 Å². The monoisotopic (exact) mass is 355 g/mol. The predicted octanol–water partition coefficient (Wildman–Crippen LogP) is 3.37.